The molecule has 7 nitrogen and oxygen atoms in total. The molecule has 0 amide bonds. The number of hydrogen-bond donors (Lipinski definition) is 2. The number of hydrogen-bond acceptors (Lipinski definition) is 4. The van der Waals surface area contributed by atoms with Gasteiger partial charge in [-0.05, 0) is 46.0 Å². The Morgan fingerprint density at radius 2 is 2.07 bits per heavy atom. The highest BCUT2D eigenvalue weighted by Crippen LogP contribution is 2.54. The fraction of sp³-hybridized carbons (Fsp3) is 0.842. The zero-order valence-electron chi connectivity index (χ0n) is 16.7. The minimum absolute atomic E-state index is 0. The lowest BCUT2D eigenvalue weighted by atomic mass is 9.60. The Labute approximate surface area is 179 Å². The summed E-state index contributed by atoms with van der Waals surface area (Å²) in [4.78, 5) is 9.13. The molecule has 0 radical (unpaired) electrons. The third-order valence-corrected chi connectivity index (χ3v) is 6.51. The number of guanidine groups is 1. The van der Waals surface area contributed by atoms with Gasteiger partial charge in [0, 0.05) is 31.7 Å². The number of aryl methyl sites for hydroxylation is 2. The van der Waals surface area contributed by atoms with E-state index >= 15 is 0 Å². The van der Waals surface area contributed by atoms with Gasteiger partial charge in [0.25, 0.3) is 0 Å². The Morgan fingerprint density at radius 3 is 2.78 bits per heavy atom. The Balaban J connectivity index is 0.00000210. The van der Waals surface area contributed by atoms with E-state index in [1.807, 2.05) is 18.7 Å². The Hall–Kier alpha value is -0.900. The lowest BCUT2D eigenvalue weighted by Crippen LogP contribution is -2.65. The minimum atomic E-state index is 0. The van der Waals surface area contributed by atoms with Gasteiger partial charge in [0.1, 0.15) is 11.6 Å². The van der Waals surface area contributed by atoms with E-state index in [2.05, 4.69) is 32.6 Å². The first-order valence-corrected chi connectivity index (χ1v) is 10.2. The summed E-state index contributed by atoms with van der Waals surface area (Å²) in [6.45, 7) is 5.83. The van der Waals surface area contributed by atoms with E-state index < -0.39 is 0 Å². The molecular weight excluding hydrogens is 455 g/mol. The number of nitrogens with zero attached hydrogens (tertiary/aromatic N) is 4. The minimum Gasteiger partial charge on any atom is -0.378 e. The first kappa shape index (κ1) is 20.8. The predicted molar refractivity (Wildman–Crippen MR) is 116 cm³/mol. The van der Waals surface area contributed by atoms with Crippen molar-refractivity contribution in [1.29, 1.82) is 0 Å². The second-order valence-corrected chi connectivity index (χ2v) is 7.97. The summed E-state index contributed by atoms with van der Waals surface area (Å²) in [7, 11) is 1.86. The van der Waals surface area contributed by atoms with Crippen LogP contribution in [0, 0.1) is 12.3 Å². The molecule has 2 N–H and O–H groups in total. The molecule has 2 fully saturated rings. The molecule has 3 aliphatic rings. The van der Waals surface area contributed by atoms with Crippen LogP contribution in [0.4, 0.5) is 0 Å². The van der Waals surface area contributed by atoms with Crippen molar-refractivity contribution < 1.29 is 4.74 Å². The van der Waals surface area contributed by atoms with Crippen molar-refractivity contribution in [1.82, 2.24) is 25.4 Å². The quantitative estimate of drug-likeness (QED) is 0.387. The van der Waals surface area contributed by atoms with Crippen molar-refractivity contribution in [3.63, 3.8) is 0 Å². The van der Waals surface area contributed by atoms with Gasteiger partial charge in [0.2, 0.25) is 0 Å². The fourth-order valence-electron chi connectivity index (χ4n) is 5.19. The molecule has 8 heteroatoms. The third kappa shape index (κ3) is 3.83. The van der Waals surface area contributed by atoms with Gasteiger partial charge in [-0.2, -0.15) is 5.10 Å². The highest BCUT2D eigenvalue weighted by molar-refractivity contribution is 14.0. The summed E-state index contributed by atoms with van der Waals surface area (Å²) in [5.74, 6) is 2.77. The van der Waals surface area contributed by atoms with Crippen molar-refractivity contribution in [2.45, 2.75) is 83.5 Å². The van der Waals surface area contributed by atoms with Crippen molar-refractivity contribution in [3.8, 4) is 0 Å². The molecule has 2 saturated carbocycles. The molecule has 3 atom stereocenters. The van der Waals surface area contributed by atoms with Crippen molar-refractivity contribution >= 4 is 29.9 Å². The molecule has 152 valence electrons. The number of aromatic nitrogens is 3. The predicted octanol–water partition coefficient (Wildman–Crippen LogP) is 2.94. The molecule has 4 rings (SSSR count). The van der Waals surface area contributed by atoms with Crippen molar-refractivity contribution in [2.75, 3.05) is 13.7 Å². The van der Waals surface area contributed by atoms with Gasteiger partial charge in [-0.1, -0.05) is 12.8 Å². The van der Waals surface area contributed by atoms with Crippen LogP contribution in [0.2, 0.25) is 0 Å². The molecule has 0 aromatic carbocycles. The fourth-order valence-corrected chi connectivity index (χ4v) is 5.19. The highest BCUT2D eigenvalue weighted by atomic mass is 127. The maximum absolute atomic E-state index is 6.04. The van der Waals surface area contributed by atoms with Gasteiger partial charge >= 0.3 is 0 Å². The van der Waals surface area contributed by atoms with Crippen LogP contribution in [0.5, 0.6) is 0 Å². The zero-order chi connectivity index (χ0) is 18.1. The van der Waals surface area contributed by atoms with Gasteiger partial charge < -0.3 is 15.4 Å². The molecule has 1 aromatic heterocycles. The lowest BCUT2D eigenvalue weighted by Gasteiger charge is -2.54. The highest BCUT2D eigenvalue weighted by Gasteiger charge is 2.57. The first-order valence-electron chi connectivity index (χ1n) is 10.2. The number of ether oxygens (including phenoxy) is 1. The number of fused-ring (bicyclic) bond motifs is 1. The van der Waals surface area contributed by atoms with Crippen molar-refractivity contribution in [3.05, 3.63) is 11.6 Å². The maximum Gasteiger partial charge on any atom is 0.191 e. The van der Waals surface area contributed by atoms with E-state index in [1.165, 1.54) is 25.7 Å². The average molecular weight is 488 g/mol. The van der Waals surface area contributed by atoms with E-state index in [0.29, 0.717) is 17.6 Å². The first-order chi connectivity index (χ1) is 12.7. The Bertz CT molecular complexity index is 669. The Morgan fingerprint density at radius 1 is 1.30 bits per heavy atom. The van der Waals surface area contributed by atoms with Crippen LogP contribution < -0.4 is 10.6 Å². The number of rotatable bonds is 4. The van der Waals surface area contributed by atoms with Crippen LogP contribution >= 0.6 is 24.0 Å². The number of aliphatic imine (C=N–C) groups is 1. The summed E-state index contributed by atoms with van der Waals surface area (Å²) in [5.41, 5.74) is 0.302. The van der Waals surface area contributed by atoms with Crippen LogP contribution in [0.1, 0.15) is 69.6 Å². The van der Waals surface area contributed by atoms with E-state index in [9.17, 15) is 0 Å². The van der Waals surface area contributed by atoms with Crippen LogP contribution in [0.25, 0.3) is 0 Å². The molecule has 2 heterocycles. The molecule has 3 unspecified atom stereocenters. The summed E-state index contributed by atoms with van der Waals surface area (Å²) in [5, 5.41) is 11.8. The summed E-state index contributed by atoms with van der Waals surface area (Å²) in [6, 6.07) is 0.634. The summed E-state index contributed by atoms with van der Waals surface area (Å²) >= 11 is 0. The molecule has 1 aromatic rings. The summed E-state index contributed by atoms with van der Waals surface area (Å²) in [6.07, 6.45) is 8.84. The van der Waals surface area contributed by atoms with Gasteiger partial charge in [0.05, 0.1) is 12.1 Å². The topological polar surface area (TPSA) is 76.4 Å². The van der Waals surface area contributed by atoms with Crippen LogP contribution in [-0.4, -0.2) is 46.5 Å². The second kappa shape index (κ2) is 8.63. The molecule has 1 spiro atoms. The molecule has 0 saturated heterocycles. The average Bonchev–Trinajstić information content (AvgIpc) is 3.28. The standard InChI is InChI=1S/C19H32N6O.HI/c1-4-26-16-12-15(19(16)9-5-6-10-19)23-18(20-3)22-14-8-7-11-25-17(14)21-13(2)24-25;/h14-16H,4-12H2,1-3H3,(H2,20,22,23);1H. The van der Waals surface area contributed by atoms with E-state index in [-0.39, 0.29) is 30.0 Å². The normalized spacial score (nSPS) is 29.0. The zero-order valence-corrected chi connectivity index (χ0v) is 19.0. The third-order valence-electron chi connectivity index (χ3n) is 6.51. The van der Waals surface area contributed by atoms with E-state index in [4.69, 9.17) is 4.74 Å². The lowest BCUT2D eigenvalue weighted by molar-refractivity contribution is -0.125. The number of halogens is 1. The molecular formula is C19H33IN6O. The van der Waals surface area contributed by atoms with Gasteiger partial charge in [-0.3, -0.25) is 4.99 Å². The molecule has 2 aliphatic carbocycles. The maximum atomic E-state index is 6.04. The SMILES string of the molecule is CCOC1CC(NC(=NC)NC2CCCn3nc(C)nc32)C12CCCC2.I. The van der Waals surface area contributed by atoms with Crippen LogP contribution in [-0.2, 0) is 11.3 Å². The second-order valence-electron chi connectivity index (χ2n) is 7.97. The van der Waals surface area contributed by atoms with Gasteiger partial charge in [0.15, 0.2) is 5.96 Å². The van der Waals surface area contributed by atoms with E-state index in [1.54, 1.807) is 0 Å². The van der Waals surface area contributed by atoms with Crippen LogP contribution in [0.3, 0.4) is 0 Å². The number of nitrogens with one attached hydrogen (secondary N) is 2. The van der Waals surface area contributed by atoms with Gasteiger partial charge in [-0.25, -0.2) is 9.67 Å². The largest absolute Gasteiger partial charge is 0.378 e. The Kier molecular flexibility index (Phi) is 6.66. The van der Waals surface area contributed by atoms with Gasteiger partial charge in [-0.15, -0.1) is 24.0 Å². The molecule has 27 heavy (non-hydrogen) atoms. The molecule has 1 aliphatic heterocycles. The smallest absolute Gasteiger partial charge is 0.191 e. The summed E-state index contributed by atoms with van der Waals surface area (Å²) < 4.78 is 8.08. The van der Waals surface area contributed by atoms with Crippen molar-refractivity contribution in [2.24, 2.45) is 10.4 Å². The molecule has 0 bridgehead atoms. The van der Waals surface area contributed by atoms with Crippen LogP contribution in [0.15, 0.2) is 4.99 Å². The monoisotopic (exact) mass is 488 g/mol. The van der Waals surface area contributed by atoms with E-state index in [0.717, 1.165) is 50.0 Å².